The summed E-state index contributed by atoms with van der Waals surface area (Å²) in [6.45, 7) is 3.66. The Kier molecular flexibility index (Phi) is 7.15. The average molecular weight is 423 g/mol. The third kappa shape index (κ3) is 6.05. The van der Waals surface area contributed by atoms with Crippen LogP contribution >= 0.6 is 0 Å². The van der Waals surface area contributed by atoms with Crippen LogP contribution in [0.25, 0.3) is 0 Å². The van der Waals surface area contributed by atoms with E-state index in [0.29, 0.717) is 12.5 Å². The Hall–Kier alpha value is -2.92. The van der Waals surface area contributed by atoms with E-state index in [4.69, 9.17) is 4.74 Å². The summed E-state index contributed by atoms with van der Waals surface area (Å²) in [6.07, 6.45) is 2.02. The lowest BCUT2D eigenvalue weighted by Crippen LogP contribution is -2.27. The summed E-state index contributed by atoms with van der Waals surface area (Å²) >= 11 is 0. The maximum atomic E-state index is 13.5. The van der Waals surface area contributed by atoms with Crippen LogP contribution in [0.5, 0.6) is 5.75 Å². The number of benzene rings is 3. The van der Waals surface area contributed by atoms with Gasteiger partial charge in [-0.25, -0.2) is 8.78 Å². The normalized spacial score (nSPS) is 17.4. The molecule has 2 atom stereocenters. The van der Waals surface area contributed by atoms with Gasteiger partial charge >= 0.3 is 0 Å². The third-order valence-electron chi connectivity index (χ3n) is 5.81. The summed E-state index contributed by atoms with van der Waals surface area (Å²) in [6, 6.07) is 23.0. The first kappa shape index (κ1) is 21.3. The Morgan fingerprint density at radius 1 is 0.903 bits per heavy atom. The fourth-order valence-electron chi connectivity index (χ4n) is 4.20. The second-order valence-electron chi connectivity index (χ2n) is 8.04. The molecule has 0 bridgehead atoms. The first-order valence-electron chi connectivity index (χ1n) is 10.9. The van der Waals surface area contributed by atoms with Crippen molar-refractivity contribution in [3.8, 4) is 5.75 Å². The first-order chi connectivity index (χ1) is 15.2. The minimum Gasteiger partial charge on any atom is -0.494 e. The molecule has 0 aromatic heterocycles. The summed E-state index contributed by atoms with van der Waals surface area (Å²) in [4.78, 5) is 2.46. The largest absolute Gasteiger partial charge is 0.494 e. The molecule has 162 valence electrons. The number of rotatable bonds is 9. The summed E-state index contributed by atoms with van der Waals surface area (Å²) < 4.78 is 32.6. The van der Waals surface area contributed by atoms with Crippen molar-refractivity contribution in [2.45, 2.75) is 18.9 Å². The standard InChI is InChI=1S/C26H28F2N2O/c27-22-9-7-20(8-10-22)26(29-24-13-11-23(28)12-14-24)21-15-17-30(19-21)16-4-18-31-25-5-2-1-3-6-25/h1-3,5-14,21,26,29H,4,15-19H2. The number of anilines is 1. The molecule has 0 radical (unpaired) electrons. The van der Waals surface area contributed by atoms with Crippen LogP contribution in [0.1, 0.15) is 24.4 Å². The Balaban J connectivity index is 1.35. The van der Waals surface area contributed by atoms with E-state index in [2.05, 4.69) is 10.2 Å². The Labute approximate surface area is 182 Å². The molecule has 3 aromatic carbocycles. The van der Waals surface area contributed by atoms with E-state index < -0.39 is 0 Å². The van der Waals surface area contributed by atoms with Crippen LogP contribution < -0.4 is 10.1 Å². The van der Waals surface area contributed by atoms with Gasteiger partial charge in [-0.05, 0) is 79.4 Å². The number of hydrogen-bond acceptors (Lipinski definition) is 3. The molecule has 1 heterocycles. The van der Waals surface area contributed by atoms with Crippen LogP contribution in [-0.2, 0) is 0 Å². The van der Waals surface area contributed by atoms with Gasteiger partial charge in [0.25, 0.3) is 0 Å². The van der Waals surface area contributed by atoms with E-state index in [-0.39, 0.29) is 17.7 Å². The Morgan fingerprint density at radius 2 is 1.58 bits per heavy atom. The van der Waals surface area contributed by atoms with Gasteiger partial charge in [-0.2, -0.15) is 0 Å². The van der Waals surface area contributed by atoms with Crippen LogP contribution in [0.4, 0.5) is 14.5 Å². The van der Waals surface area contributed by atoms with Crippen LogP contribution in [0.15, 0.2) is 78.9 Å². The molecule has 0 saturated carbocycles. The maximum absolute atomic E-state index is 13.5. The van der Waals surface area contributed by atoms with Crippen molar-refractivity contribution in [1.29, 1.82) is 0 Å². The smallest absolute Gasteiger partial charge is 0.123 e. The van der Waals surface area contributed by atoms with Crippen LogP contribution in [0, 0.1) is 17.6 Å². The van der Waals surface area contributed by atoms with E-state index in [0.717, 1.165) is 49.5 Å². The number of nitrogens with zero attached hydrogens (tertiary/aromatic N) is 1. The van der Waals surface area contributed by atoms with E-state index >= 15 is 0 Å². The van der Waals surface area contributed by atoms with Crippen molar-refractivity contribution in [3.63, 3.8) is 0 Å². The van der Waals surface area contributed by atoms with Crippen molar-refractivity contribution < 1.29 is 13.5 Å². The SMILES string of the molecule is Fc1ccc(NC(c2ccc(F)cc2)C2CCN(CCCOc3ccccc3)C2)cc1. The van der Waals surface area contributed by atoms with Crippen LogP contribution in [-0.4, -0.2) is 31.1 Å². The predicted octanol–water partition coefficient (Wildman–Crippen LogP) is 5.91. The number of hydrogen-bond donors (Lipinski definition) is 1. The van der Waals surface area contributed by atoms with Crippen LogP contribution in [0.2, 0.25) is 0 Å². The van der Waals surface area contributed by atoms with E-state index in [1.165, 1.54) is 24.3 Å². The fourth-order valence-corrected chi connectivity index (χ4v) is 4.20. The summed E-state index contributed by atoms with van der Waals surface area (Å²) in [5, 5.41) is 3.55. The second-order valence-corrected chi connectivity index (χ2v) is 8.04. The molecule has 3 aromatic rings. The molecule has 0 amide bonds. The molecule has 1 aliphatic rings. The minimum absolute atomic E-state index is 0.0385. The Bertz CT molecular complexity index is 932. The zero-order valence-corrected chi connectivity index (χ0v) is 17.5. The second kappa shape index (κ2) is 10.4. The van der Waals surface area contributed by atoms with Crippen molar-refractivity contribution in [3.05, 3.63) is 96.1 Å². The number of likely N-dealkylation sites (tertiary alicyclic amines) is 1. The number of halogens is 2. The highest BCUT2D eigenvalue weighted by molar-refractivity contribution is 5.46. The Morgan fingerprint density at radius 3 is 2.29 bits per heavy atom. The zero-order valence-electron chi connectivity index (χ0n) is 17.5. The first-order valence-corrected chi connectivity index (χ1v) is 10.9. The molecule has 1 fully saturated rings. The monoisotopic (exact) mass is 422 g/mol. The topological polar surface area (TPSA) is 24.5 Å². The lowest BCUT2D eigenvalue weighted by Gasteiger charge is -2.27. The molecule has 31 heavy (non-hydrogen) atoms. The molecule has 2 unspecified atom stereocenters. The zero-order chi connectivity index (χ0) is 21.5. The van der Waals surface area contributed by atoms with Gasteiger partial charge in [0.05, 0.1) is 12.6 Å². The van der Waals surface area contributed by atoms with Crippen molar-refractivity contribution in [2.24, 2.45) is 5.92 Å². The van der Waals surface area contributed by atoms with Crippen molar-refractivity contribution >= 4 is 5.69 Å². The highest BCUT2D eigenvalue weighted by atomic mass is 19.1. The van der Waals surface area contributed by atoms with Gasteiger partial charge < -0.3 is 15.0 Å². The highest BCUT2D eigenvalue weighted by Gasteiger charge is 2.30. The highest BCUT2D eigenvalue weighted by Crippen LogP contribution is 2.33. The predicted molar refractivity (Wildman–Crippen MR) is 120 cm³/mol. The molecule has 3 nitrogen and oxygen atoms in total. The molecule has 1 N–H and O–H groups in total. The van der Waals surface area contributed by atoms with Crippen molar-refractivity contribution in [1.82, 2.24) is 4.90 Å². The van der Waals surface area contributed by atoms with Gasteiger partial charge in [-0.1, -0.05) is 30.3 Å². The fraction of sp³-hybridized carbons (Fsp3) is 0.308. The molecular formula is C26H28F2N2O. The van der Waals surface area contributed by atoms with Crippen molar-refractivity contribution in [2.75, 3.05) is 31.6 Å². The van der Waals surface area contributed by atoms with Gasteiger partial charge in [-0.3, -0.25) is 0 Å². The molecule has 5 heteroatoms. The van der Waals surface area contributed by atoms with E-state index in [1.807, 2.05) is 42.5 Å². The van der Waals surface area contributed by atoms with Gasteiger partial charge in [0.2, 0.25) is 0 Å². The lowest BCUT2D eigenvalue weighted by molar-refractivity contribution is 0.256. The third-order valence-corrected chi connectivity index (χ3v) is 5.81. The summed E-state index contributed by atoms with van der Waals surface area (Å²) in [7, 11) is 0. The van der Waals surface area contributed by atoms with Gasteiger partial charge in [0.15, 0.2) is 0 Å². The molecule has 0 spiro atoms. The maximum Gasteiger partial charge on any atom is 0.123 e. The summed E-state index contributed by atoms with van der Waals surface area (Å²) in [5.41, 5.74) is 1.91. The molecule has 1 saturated heterocycles. The number of nitrogens with one attached hydrogen (secondary N) is 1. The summed E-state index contributed by atoms with van der Waals surface area (Å²) in [5.74, 6) is 0.789. The molecular weight excluding hydrogens is 394 g/mol. The molecule has 4 rings (SSSR count). The van der Waals surface area contributed by atoms with E-state index in [9.17, 15) is 8.78 Å². The lowest BCUT2D eigenvalue weighted by atomic mass is 9.92. The van der Waals surface area contributed by atoms with Crippen LogP contribution in [0.3, 0.4) is 0 Å². The van der Waals surface area contributed by atoms with E-state index in [1.54, 1.807) is 12.1 Å². The number of para-hydroxylation sites is 1. The van der Waals surface area contributed by atoms with Gasteiger partial charge in [-0.15, -0.1) is 0 Å². The minimum atomic E-state index is -0.256. The molecule has 1 aliphatic heterocycles. The quantitative estimate of drug-likeness (QED) is 0.434. The number of ether oxygens (including phenoxy) is 1. The molecule has 0 aliphatic carbocycles. The van der Waals surface area contributed by atoms with Gasteiger partial charge in [0.1, 0.15) is 17.4 Å². The van der Waals surface area contributed by atoms with Gasteiger partial charge in [0, 0.05) is 18.8 Å². The average Bonchev–Trinajstić information content (AvgIpc) is 3.26.